The highest BCUT2D eigenvalue weighted by atomic mass is 35.5. The van der Waals surface area contributed by atoms with Crippen LogP contribution in [0.2, 0.25) is 5.02 Å². The number of nitrogens with two attached hydrogens (primary N) is 1. The van der Waals surface area contributed by atoms with E-state index in [-0.39, 0.29) is 0 Å². The first-order valence-corrected chi connectivity index (χ1v) is 10.4. The van der Waals surface area contributed by atoms with Crippen molar-refractivity contribution in [2.75, 3.05) is 17.2 Å². The van der Waals surface area contributed by atoms with Gasteiger partial charge in [-0.15, -0.1) is 11.3 Å². The van der Waals surface area contributed by atoms with Crippen LogP contribution in [0.3, 0.4) is 0 Å². The van der Waals surface area contributed by atoms with Crippen molar-refractivity contribution in [3.63, 3.8) is 0 Å². The van der Waals surface area contributed by atoms with Crippen LogP contribution in [0.4, 0.5) is 10.7 Å². The summed E-state index contributed by atoms with van der Waals surface area (Å²) in [5.74, 6) is -1.62. The van der Waals surface area contributed by atoms with Crippen molar-refractivity contribution in [3.05, 3.63) is 44.3 Å². The zero-order valence-corrected chi connectivity index (χ0v) is 18.1. The van der Waals surface area contributed by atoms with E-state index in [1.165, 1.54) is 11.3 Å². The fraction of sp³-hybridized carbons (Fsp3) is 0.300. The van der Waals surface area contributed by atoms with Gasteiger partial charge in [0.25, 0.3) is 17.7 Å². The summed E-state index contributed by atoms with van der Waals surface area (Å²) in [5, 5.41) is 9.60. The predicted octanol–water partition coefficient (Wildman–Crippen LogP) is 3.19. The first kappa shape index (κ1) is 21.8. The molecular weight excluding hydrogens is 428 g/mol. The van der Waals surface area contributed by atoms with Gasteiger partial charge in [0.1, 0.15) is 11.2 Å². The minimum Gasteiger partial charge on any atom is -0.385 e. The van der Waals surface area contributed by atoms with E-state index >= 15 is 0 Å². The van der Waals surface area contributed by atoms with Crippen LogP contribution < -0.4 is 16.4 Å². The van der Waals surface area contributed by atoms with Crippen molar-refractivity contribution in [3.8, 4) is 0 Å². The van der Waals surface area contributed by atoms with Gasteiger partial charge in [0.05, 0.1) is 16.3 Å². The highest BCUT2D eigenvalue weighted by molar-refractivity contribution is 7.17. The Labute approximate surface area is 182 Å². The van der Waals surface area contributed by atoms with Crippen LogP contribution in [0.1, 0.15) is 38.3 Å². The number of halogens is 1. The maximum atomic E-state index is 12.1. The van der Waals surface area contributed by atoms with Crippen molar-refractivity contribution in [1.29, 1.82) is 0 Å². The molecule has 0 bridgehead atoms. The molecular formula is C20H21ClN4O4S. The molecule has 0 atom stereocenters. The number of oxime groups is 1. The Kier molecular flexibility index (Phi) is 6.73. The number of rotatable bonds is 7. The van der Waals surface area contributed by atoms with Crippen LogP contribution in [0, 0.1) is 13.8 Å². The SMILES string of the molecule is Cc1cc(C)c(NC(=O)/C=N/OCC(=O)Nc2sc3c(c2C(N)=O)CCC3)c(Cl)c1. The predicted molar refractivity (Wildman–Crippen MR) is 117 cm³/mol. The Balaban J connectivity index is 1.52. The molecule has 10 heteroatoms. The number of anilines is 2. The van der Waals surface area contributed by atoms with E-state index in [2.05, 4.69) is 15.8 Å². The van der Waals surface area contributed by atoms with Crippen LogP contribution in [0.25, 0.3) is 0 Å². The number of nitrogens with one attached hydrogen (secondary N) is 2. The summed E-state index contributed by atoms with van der Waals surface area (Å²) in [6.45, 7) is 3.31. The summed E-state index contributed by atoms with van der Waals surface area (Å²) in [6.07, 6.45) is 3.54. The molecule has 8 nitrogen and oxygen atoms in total. The molecule has 2 aromatic rings. The van der Waals surface area contributed by atoms with Crippen LogP contribution in [-0.4, -0.2) is 30.5 Å². The first-order valence-electron chi connectivity index (χ1n) is 9.23. The number of hydrogen-bond acceptors (Lipinski definition) is 6. The van der Waals surface area contributed by atoms with Crippen molar-refractivity contribution >= 4 is 57.6 Å². The normalized spacial score (nSPS) is 12.6. The molecule has 1 aliphatic rings. The maximum Gasteiger partial charge on any atom is 0.270 e. The molecule has 1 aromatic carbocycles. The number of thiophene rings is 1. The molecule has 0 fully saturated rings. The Morgan fingerprint density at radius 2 is 2.03 bits per heavy atom. The van der Waals surface area contributed by atoms with Crippen LogP contribution in [0.15, 0.2) is 17.3 Å². The monoisotopic (exact) mass is 448 g/mol. The van der Waals surface area contributed by atoms with Crippen molar-refractivity contribution < 1.29 is 19.2 Å². The third-order valence-electron chi connectivity index (χ3n) is 4.54. The number of amides is 3. The first-order chi connectivity index (χ1) is 14.3. The van der Waals surface area contributed by atoms with Gasteiger partial charge < -0.3 is 21.2 Å². The third-order valence-corrected chi connectivity index (χ3v) is 6.05. The van der Waals surface area contributed by atoms with E-state index in [1.54, 1.807) is 6.07 Å². The van der Waals surface area contributed by atoms with Crippen molar-refractivity contribution in [1.82, 2.24) is 0 Å². The maximum absolute atomic E-state index is 12.1. The number of hydrogen-bond donors (Lipinski definition) is 3. The molecule has 158 valence electrons. The van der Waals surface area contributed by atoms with Gasteiger partial charge in [0, 0.05) is 4.88 Å². The van der Waals surface area contributed by atoms with E-state index in [4.69, 9.17) is 22.2 Å². The van der Waals surface area contributed by atoms with E-state index in [1.807, 2.05) is 19.9 Å². The van der Waals surface area contributed by atoms with Gasteiger partial charge in [-0.1, -0.05) is 22.8 Å². The number of carbonyl (C=O) groups excluding carboxylic acids is 3. The van der Waals surface area contributed by atoms with Crippen LogP contribution in [-0.2, 0) is 27.3 Å². The number of fused-ring (bicyclic) bond motifs is 1. The number of nitrogens with zero attached hydrogens (tertiary/aromatic N) is 1. The Morgan fingerprint density at radius 1 is 1.27 bits per heavy atom. The lowest BCUT2D eigenvalue weighted by molar-refractivity contribution is -0.120. The third kappa shape index (κ3) is 4.98. The molecule has 1 aromatic heterocycles. The highest BCUT2D eigenvalue weighted by Gasteiger charge is 2.26. The molecule has 0 spiro atoms. The lowest BCUT2D eigenvalue weighted by atomic mass is 10.1. The average molecular weight is 449 g/mol. The average Bonchev–Trinajstić information content (AvgIpc) is 3.22. The van der Waals surface area contributed by atoms with E-state index < -0.39 is 24.3 Å². The molecule has 30 heavy (non-hydrogen) atoms. The number of benzene rings is 1. The van der Waals surface area contributed by atoms with Gasteiger partial charge in [-0.3, -0.25) is 14.4 Å². The summed E-state index contributed by atoms with van der Waals surface area (Å²) >= 11 is 7.50. The largest absolute Gasteiger partial charge is 0.385 e. The number of aryl methyl sites for hydroxylation is 3. The molecule has 3 rings (SSSR count). The van der Waals surface area contributed by atoms with Crippen LogP contribution >= 0.6 is 22.9 Å². The second kappa shape index (κ2) is 9.27. The summed E-state index contributed by atoms with van der Waals surface area (Å²) in [5.41, 5.74) is 9.04. The fourth-order valence-corrected chi connectivity index (χ4v) is 5.01. The Hall–Kier alpha value is -2.91. The lowest BCUT2D eigenvalue weighted by Crippen LogP contribution is -2.20. The highest BCUT2D eigenvalue weighted by Crippen LogP contribution is 2.38. The summed E-state index contributed by atoms with van der Waals surface area (Å²) in [4.78, 5) is 41.8. The molecule has 4 N–H and O–H groups in total. The molecule has 3 amide bonds. The zero-order chi connectivity index (χ0) is 21.8. The van der Waals surface area contributed by atoms with Gasteiger partial charge in [0.2, 0.25) is 0 Å². The number of carbonyl (C=O) groups is 3. The van der Waals surface area contributed by atoms with Gasteiger partial charge in [0.15, 0.2) is 6.61 Å². The minimum absolute atomic E-state index is 0.370. The Bertz CT molecular complexity index is 1020. The topological polar surface area (TPSA) is 123 Å². The smallest absolute Gasteiger partial charge is 0.270 e. The minimum atomic E-state index is -0.564. The Morgan fingerprint density at radius 3 is 2.73 bits per heavy atom. The lowest BCUT2D eigenvalue weighted by Gasteiger charge is -2.09. The van der Waals surface area contributed by atoms with E-state index in [0.717, 1.165) is 47.0 Å². The standard InChI is InChI=1S/C20H21ClN4O4S/c1-10-6-11(2)18(13(21)7-10)24-15(26)8-23-29-9-16(27)25-20-17(19(22)28)12-4-3-5-14(12)30-20/h6-8H,3-5,9H2,1-2H3,(H2,22,28)(H,24,26)(H,25,27)/b23-8+. The molecule has 1 aliphatic carbocycles. The van der Waals surface area contributed by atoms with Crippen molar-refractivity contribution in [2.45, 2.75) is 33.1 Å². The molecule has 0 unspecified atom stereocenters. The molecule has 0 saturated heterocycles. The molecule has 0 aliphatic heterocycles. The molecule has 0 saturated carbocycles. The van der Waals surface area contributed by atoms with Gasteiger partial charge >= 0.3 is 0 Å². The summed E-state index contributed by atoms with van der Waals surface area (Å²) < 4.78 is 0. The fourth-order valence-electron chi connectivity index (χ4n) is 3.33. The zero-order valence-electron chi connectivity index (χ0n) is 16.5. The second-order valence-electron chi connectivity index (χ2n) is 6.91. The number of primary amides is 1. The van der Waals surface area contributed by atoms with E-state index in [9.17, 15) is 14.4 Å². The van der Waals surface area contributed by atoms with Crippen molar-refractivity contribution in [2.24, 2.45) is 10.9 Å². The van der Waals surface area contributed by atoms with E-state index in [0.29, 0.717) is 21.3 Å². The van der Waals surface area contributed by atoms with Crippen LogP contribution in [0.5, 0.6) is 0 Å². The summed E-state index contributed by atoms with van der Waals surface area (Å²) in [6, 6.07) is 3.63. The molecule has 0 radical (unpaired) electrons. The second-order valence-corrected chi connectivity index (χ2v) is 8.42. The van der Waals surface area contributed by atoms with Gasteiger partial charge in [-0.05, 0) is 55.9 Å². The van der Waals surface area contributed by atoms with Gasteiger partial charge in [-0.2, -0.15) is 0 Å². The molecule has 1 heterocycles. The van der Waals surface area contributed by atoms with Gasteiger partial charge in [-0.25, -0.2) is 0 Å². The quantitative estimate of drug-likeness (QED) is 0.444. The summed E-state index contributed by atoms with van der Waals surface area (Å²) in [7, 11) is 0.